The molecule has 0 aromatic rings. The standard InChI is InChI=1S/C15H20O8/c1-6(16)20-12-10-5-11(13(12)21-7(2)17)15(23-9(4)19)14(10)22-8(3)18/h10-15H,5H2,1-4H3/t10?,11?,12-,13+,14+,15-. The Bertz CT molecular complexity index is 438. The Kier molecular flexibility index (Phi) is 4.91. The lowest BCUT2D eigenvalue weighted by atomic mass is 9.89. The summed E-state index contributed by atoms with van der Waals surface area (Å²) in [6.45, 7) is 5.00. The topological polar surface area (TPSA) is 105 Å². The van der Waals surface area contributed by atoms with Crippen LogP contribution in [-0.2, 0) is 38.1 Å². The molecule has 2 aliphatic carbocycles. The van der Waals surface area contributed by atoms with Gasteiger partial charge in [0.2, 0.25) is 0 Å². The first-order chi connectivity index (χ1) is 10.7. The van der Waals surface area contributed by atoms with Gasteiger partial charge >= 0.3 is 23.9 Å². The van der Waals surface area contributed by atoms with E-state index in [1.54, 1.807) is 0 Å². The first-order valence-corrected chi connectivity index (χ1v) is 7.39. The molecule has 0 saturated heterocycles. The number of esters is 4. The van der Waals surface area contributed by atoms with Crippen LogP contribution in [0.5, 0.6) is 0 Å². The molecule has 2 rings (SSSR count). The van der Waals surface area contributed by atoms with E-state index < -0.39 is 48.3 Å². The van der Waals surface area contributed by atoms with Gasteiger partial charge in [0, 0.05) is 39.5 Å². The molecule has 0 aromatic carbocycles. The molecule has 8 nitrogen and oxygen atoms in total. The van der Waals surface area contributed by atoms with Gasteiger partial charge in [-0.3, -0.25) is 19.2 Å². The van der Waals surface area contributed by atoms with Crippen molar-refractivity contribution in [3.05, 3.63) is 0 Å². The van der Waals surface area contributed by atoms with Gasteiger partial charge in [-0.05, 0) is 6.42 Å². The summed E-state index contributed by atoms with van der Waals surface area (Å²) in [6, 6.07) is 0. The van der Waals surface area contributed by atoms with Crippen LogP contribution in [0.1, 0.15) is 34.1 Å². The van der Waals surface area contributed by atoms with Crippen molar-refractivity contribution in [1.29, 1.82) is 0 Å². The first-order valence-electron chi connectivity index (χ1n) is 7.39. The van der Waals surface area contributed by atoms with Gasteiger partial charge in [0.1, 0.15) is 24.4 Å². The second-order valence-electron chi connectivity index (χ2n) is 5.86. The minimum atomic E-state index is -0.724. The van der Waals surface area contributed by atoms with Crippen molar-refractivity contribution in [2.75, 3.05) is 0 Å². The Hall–Kier alpha value is -2.12. The molecule has 0 radical (unpaired) electrons. The average molecular weight is 328 g/mol. The molecule has 0 aliphatic heterocycles. The van der Waals surface area contributed by atoms with Gasteiger partial charge in [0.25, 0.3) is 0 Å². The van der Waals surface area contributed by atoms with Gasteiger partial charge in [-0.2, -0.15) is 0 Å². The smallest absolute Gasteiger partial charge is 0.303 e. The molecule has 2 fully saturated rings. The molecular weight excluding hydrogens is 308 g/mol. The molecule has 23 heavy (non-hydrogen) atoms. The maximum Gasteiger partial charge on any atom is 0.303 e. The lowest BCUT2D eigenvalue weighted by Crippen LogP contribution is -2.53. The van der Waals surface area contributed by atoms with E-state index in [1.165, 1.54) is 27.7 Å². The van der Waals surface area contributed by atoms with E-state index in [-0.39, 0.29) is 11.8 Å². The highest BCUT2D eigenvalue weighted by atomic mass is 16.6. The Balaban J connectivity index is 2.28. The van der Waals surface area contributed by atoms with Crippen LogP contribution in [0.4, 0.5) is 0 Å². The molecule has 2 bridgehead atoms. The van der Waals surface area contributed by atoms with Crippen LogP contribution < -0.4 is 0 Å². The van der Waals surface area contributed by atoms with Crippen molar-refractivity contribution in [3.8, 4) is 0 Å². The van der Waals surface area contributed by atoms with Crippen molar-refractivity contribution in [1.82, 2.24) is 0 Å². The second-order valence-corrected chi connectivity index (χ2v) is 5.86. The molecule has 0 spiro atoms. The third-order valence-electron chi connectivity index (χ3n) is 4.09. The number of ether oxygens (including phenoxy) is 4. The Morgan fingerprint density at radius 2 is 0.783 bits per heavy atom. The number of carbonyl (C=O) groups is 4. The number of rotatable bonds is 4. The van der Waals surface area contributed by atoms with Gasteiger partial charge < -0.3 is 18.9 Å². The van der Waals surface area contributed by atoms with Gasteiger partial charge in [0.15, 0.2) is 0 Å². The number of carbonyl (C=O) groups excluding carboxylic acids is 4. The minimum Gasteiger partial charge on any atom is -0.458 e. The Morgan fingerprint density at radius 3 is 0.957 bits per heavy atom. The molecule has 8 heteroatoms. The van der Waals surface area contributed by atoms with Gasteiger partial charge in [-0.25, -0.2) is 0 Å². The second kappa shape index (κ2) is 6.55. The van der Waals surface area contributed by atoms with Gasteiger partial charge in [-0.1, -0.05) is 0 Å². The minimum absolute atomic E-state index is 0.388. The average Bonchev–Trinajstić information content (AvgIpc) is 2.86. The molecule has 0 N–H and O–H groups in total. The quantitative estimate of drug-likeness (QED) is 0.538. The van der Waals surface area contributed by atoms with Crippen LogP contribution in [0.25, 0.3) is 0 Å². The summed E-state index contributed by atoms with van der Waals surface area (Å²) < 4.78 is 21.1. The summed E-state index contributed by atoms with van der Waals surface area (Å²) in [6.07, 6.45) is -2.43. The monoisotopic (exact) mass is 328 g/mol. The van der Waals surface area contributed by atoms with E-state index in [4.69, 9.17) is 18.9 Å². The van der Waals surface area contributed by atoms with Crippen LogP contribution >= 0.6 is 0 Å². The summed E-state index contributed by atoms with van der Waals surface area (Å²) in [7, 11) is 0. The van der Waals surface area contributed by atoms with Gasteiger partial charge in [0.05, 0.1) is 0 Å². The largest absolute Gasteiger partial charge is 0.458 e. The zero-order valence-electron chi connectivity index (χ0n) is 13.4. The van der Waals surface area contributed by atoms with E-state index in [2.05, 4.69) is 0 Å². The third kappa shape index (κ3) is 3.62. The fourth-order valence-electron chi connectivity index (χ4n) is 3.58. The normalized spacial score (nSPS) is 34.6. The van der Waals surface area contributed by atoms with Crippen LogP contribution in [0.3, 0.4) is 0 Å². The molecule has 6 atom stereocenters. The van der Waals surface area contributed by atoms with Crippen molar-refractivity contribution in [2.24, 2.45) is 11.8 Å². The highest BCUT2D eigenvalue weighted by molar-refractivity contribution is 5.69. The summed E-state index contributed by atoms with van der Waals surface area (Å²) >= 11 is 0. The van der Waals surface area contributed by atoms with Crippen LogP contribution in [0, 0.1) is 11.8 Å². The Labute approximate surface area is 133 Å². The van der Waals surface area contributed by atoms with Crippen LogP contribution in [0.2, 0.25) is 0 Å². The predicted octanol–water partition coefficient (Wildman–Crippen LogP) is 0.363. The molecule has 2 saturated carbocycles. The van der Waals surface area contributed by atoms with E-state index in [9.17, 15) is 19.2 Å². The zero-order chi connectivity index (χ0) is 17.3. The van der Waals surface area contributed by atoms with Crippen molar-refractivity contribution < 1.29 is 38.1 Å². The number of hydrogen-bond donors (Lipinski definition) is 0. The Morgan fingerprint density at radius 1 is 0.565 bits per heavy atom. The zero-order valence-corrected chi connectivity index (χ0v) is 13.4. The van der Waals surface area contributed by atoms with Gasteiger partial charge in [-0.15, -0.1) is 0 Å². The van der Waals surface area contributed by atoms with Crippen molar-refractivity contribution in [3.63, 3.8) is 0 Å². The van der Waals surface area contributed by atoms with E-state index in [0.717, 1.165) is 0 Å². The molecule has 0 amide bonds. The van der Waals surface area contributed by atoms with Crippen molar-refractivity contribution in [2.45, 2.75) is 58.5 Å². The SMILES string of the molecule is CC(=O)O[C@@H]1C2CC([C@@H](OC(C)=O)[C@H]2OC(C)=O)[C@@H]1OC(C)=O. The fraction of sp³-hybridized carbons (Fsp3) is 0.733. The number of fused-ring (bicyclic) bond motifs is 2. The third-order valence-corrected chi connectivity index (χ3v) is 4.09. The predicted molar refractivity (Wildman–Crippen MR) is 73.8 cm³/mol. The molecular formula is C15H20O8. The highest BCUT2D eigenvalue weighted by Gasteiger charge is 2.64. The van der Waals surface area contributed by atoms with E-state index in [1.807, 2.05) is 0 Å². The summed E-state index contributed by atoms with van der Waals surface area (Å²) in [5.41, 5.74) is 0. The molecule has 0 heterocycles. The summed E-state index contributed by atoms with van der Waals surface area (Å²) in [5.74, 6) is -2.87. The first kappa shape index (κ1) is 17.2. The van der Waals surface area contributed by atoms with Crippen molar-refractivity contribution >= 4 is 23.9 Å². The molecule has 2 unspecified atom stereocenters. The van der Waals surface area contributed by atoms with E-state index >= 15 is 0 Å². The summed E-state index contributed by atoms with van der Waals surface area (Å²) in [4.78, 5) is 45.4. The maximum absolute atomic E-state index is 11.3. The summed E-state index contributed by atoms with van der Waals surface area (Å²) in [5, 5.41) is 0. The lowest BCUT2D eigenvalue weighted by Gasteiger charge is -2.38. The maximum atomic E-state index is 11.3. The lowest BCUT2D eigenvalue weighted by molar-refractivity contribution is -0.199. The van der Waals surface area contributed by atoms with Crippen LogP contribution in [0.15, 0.2) is 0 Å². The van der Waals surface area contributed by atoms with Crippen LogP contribution in [-0.4, -0.2) is 48.3 Å². The van der Waals surface area contributed by atoms with E-state index in [0.29, 0.717) is 6.42 Å². The molecule has 128 valence electrons. The fourth-order valence-corrected chi connectivity index (χ4v) is 3.58. The highest BCUT2D eigenvalue weighted by Crippen LogP contribution is 2.50. The molecule has 2 aliphatic rings. The number of hydrogen-bond acceptors (Lipinski definition) is 8. The molecule has 0 aromatic heterocycles.